The molecule has 0 saturated carbocycles. The molecule has 122 valence electrons. The predicted molar refractivity (Wildman–Crippen MR) is 84.0 cm³/mol. The number of carbonyl (C=O) groups is 1. The quantitative estimate of drug-likeness (QED) is 0.801. The van der Waals surface area contributed by atoms with Crippen LogP contribution in [-0.2, 0) is 6.54 Å². The Morgan fingerprint density at radius 3 is 3.00 bits per heavy atom. The minimum Gasteiger partial charge on any atom is -0.396 e. The van der Waals surface area contributed by atoms with Crippen molar-refractivity contribution in [3.05, 3.63) is 36.5 Å². The number of hydrogen-bond acceptors (Lipinski definition) is 6. The molecule has 3 heterocycles. The molecule has 8 heteroatoms. The van der Waals surface area contributed by atoms with E-state index in [2.05, 4.69) is 20.4 Å². The van der Waals surface area contributed by atoms with Gasteiger partial charge in [-0.15, -0.1) is 0 Å². The van der Waals surface area contributed by atoms with Crippen LogP contribution in [0.5, 0.6) is 0 Å². The highest BCUT2D eigenvalue weighted by Gasteiger charge is 2.34. The maximum atomic E-state index is 12.3. The monoisotopic (exact) mass is 316 g/mol. The van der Waals surface area contributed by atoms with Crippen LogP contribution in [0.15, 0.2) is 31.0 Å². The molecule has 2 aromatic heterocycles. The molecule has 2 N–H and O–H groups in total. The van der Waals surface area contributed by atoms with Crippen molar-refractivity contribution in [3.8, 4) is 0 Å². The van der Waals surface area contributed by atoms with E-state index < -0.39 is 0 Å². The molecular formula is C15H20N6O2. The smallest absolute Gasteiger partial charge is 0.254 e. The van der Waals surface area contributed by atoms with Gasteiger partial charge in [-0.1, -0.05) is 0 Å². The Labute approximate surface area is 134 Å². The molecular weight excluding hydrogens is 296 g/mol. The average Bonchev–Trinajstić information content (AvgIpc) is 3.22. The molecule has 0 spiro atoms. The summed E-state index contributed by atoms with van der Waals surface area (Å²) in [4.78, 5) is 22.5. The maximum Gasteiger partial charge on any atom is 0.254 e. The van der Waals surface area contributed by atoms with E-state index in [1.165, 1.54) is 6.33 Å². The highest BCUT2D eigenvalue weighted by atomic mass is 16.3. The summed E-state index contributed by atoms with van der Waals surface area (Å²) in [5, 5.41) is 16.7. The summed E-state index contributed by atoms with van der Waals surface area (Å²) < 4.78 is 1.71. The summed E-state index contributed by atoms with van der Waals surface area (Å²) >= 11 is 0. The summed E-state index contributed by atoms with van der Waals surface area (Å²) in [5.74, 6) is 0.599. The first-order valence-corrected chi connectivity index (χ1v) is 7.66. The van der Waals surface area contributed by atoms with E-state index in [9.17, 15) is 9.90 Å². The van der Waals surface area contributed by atoms with Crippen LogP contribution >= 0.6 is 0 Å². The fourth-order valence-corrected chi connectivity index (χ4v) is 2.78. The average molecular weight is 316 g/mol. The molecule has 0 unspecified atom stereocenters. The van der Waals surface area contributed by atoms with Gasteiger partial charge in [-0.3, -0.25) is 9.48 Å². The molecule has 23 heavy (non-hydrogen) atoms. The molecule has 0 radical (unpaired) electrons. The van der Waals surface area contributed by atoms with E-state index in [4.69, 9.17) is 0 Å². The number of aromatic nitrogens is 4. The maximum absolute atomic E-state index is 12.3. The van der Waals surface area contributed by atoms with Crippen LogP contribution in [-0.4, -0.2) is 56.5 Å². The van der Waals surface area contributed by atoms with Gasteiger partial charge in [-0.2, -0.15) is 5.10 Å². The lowest BCUT2D eigenvalue weighted by atomic mass is 10.1. The number of anilines is 1. The first-order valence-electron chi connectivity index (χ1n) is 7.66. The highest BCUT2D eigenvalue weighted by Crippen LogP contribution is 2.22. The summed E-state index contributed by atoms with van der Waals surface area (Å²) in [7, 11) is 0. The van der Waals surface area contributed by atoms with E-state index in [1.54, 1.807) is 23.3 Å². The Morgan fingerprint density at radius 1 is 1.48 bits per heavy atom. The molecule has 0 bridgehead atoms. The van der Waals surface area contributed by atoms with Crippen LogP contribution < -0.4 is 10.2 Å². The number of hydrogen-bond donors (Lipinski definition) is 2. The fraction of sp³-hybridized carbons (Fsp3) is 0.467. The zero-order valence-corrected chi connectivity index (χ0v) is 13.0. The largest absolute Gasteiger partial charge is 0.396 e. The molecule has 0 aliphatic carbocycles. The molecule has 8 nitrogen and oxygen atoms in total. The van der Waals surface area contributed by atoms with Gasteiger partial charge in [-0.25, -0.2) is 9.97 Å². The molecule has 1 aliphatic heterocycles. The van der Waals surface area contributed by atoms with Crippen LogP contribution in [0, 0.1) is 5.92 Å². The highest BCUT2D eigenvalue weighted by molar-refractivity contribution is 5.94. The standard InChI is InChI=1S/C15H20N6O2/c1-2-21-7-11(5-18-21)15(23)19-13-8-20(6-12(13)9-22)14-3-4-16-10-17-14/h3-5,7,10,12-13,22H,2,6,8-9H2,1H3,(H,19,23)/t12-,13+/m0/s1. The SMILES string of the molecule is CCn1cc(C(=O)N[C@@H]2CN(c3ccncn3)C[C@H]2CO)cn1. The van der Waals surface area contributed by atoms with Crippen LogP contribution in [0.2, 0.25) is 0 Å². The van der Waals surface area contributed by atoms with Crippen molar-refractivity contribution in [2.24, 2.45) is 5.92 Å². The van der Waals surface area contributed by atoms with Crippen LogP contribution in [0.3, 0.4) is 0 Å². The molecule has 2 atom stereocenters. The second-order valence-electron chi connectivity index (χ2n) is 5.58. The summed E-state index contributed by atoms with van der Waals surface area (Å²) in [6.07, 6.45) is 6.46. The van der Waals surface area contributed by atoms with Crippen molar-refractivity contribution >= 4 is 11.7 Å². The van der Waals surface area contributed by atoms with Crippen molar-refractivity contribution in [3.63, 3.8) is 0 Å². The van der Waals surface area contributed by atoms with Crippen LogP contribution in [0.1, 0.15) is 17.3 Å². The van der Waals surface area contributed by atoms with Gasteiger partial charge < -0.3 is 15.3 Å². The van der Waals surface area contributed by atoms with Crippen molar-refractivity contribution in [1.82, 2.24) is 25.1 Å². The third-order valence-corrected chi connectivity index (χ3v) is 4.10. The van der Waals surface area contributed by atoms with E-state index >= 15 is 0 Å². The number of rotatable bonds is 5. The third kappa shape index (κ3) is 3.31. The van der Waals surface area contributed by atoms with Gasteiger partial charge >= 0.3 is 0 Å². The number of nitrogens with zero attached hydrogens (tertiary/aromatic N) is 5. The van der Waals surface area contributed by atoms with Gasteiger partial charge in [0.05, 0.1) is 17.8 Å². The number of aryl methyl sites for hydroxylation is 1. The van der Waals surface area contributed by atoms with Gasteiger partial charge in [0, 0.05) is 44.6 Å². The van der Waals surface area contributed by atoms with Crippen LogP contribution in [0.4, 0.5) is 5.82 Å². The lowest BCUT2D eigenvalue weighted by molar-refractivity contribution is 0.0921. The lowest BCUT2D eigenvalue weighted by Crippen LogP contribution is -2.41. The molecule has 1 saturated heterocycles. The molecule has 3 rings (SSSR count). The Kier molecular flexibility index (Phi) is 4.52. The first-order chi connectivity index (χ1) is 11.2. The van der Waals surface area contributed by atoms with Gasteiger partial charge in [-0.05, 0) is 13.0 Å². The number of nitrogens with one attached hydrogen (secondary N) is 1. The van der Waals surface area contributed by atoms with Gasteiger partial charge in [0.25, 0.3) is 5.91 Å². The molecule has 1 fully saturated rings. The summed E-state index contributed by atoms with van der Waals surface area (Å²) in [6.45, 7) is 3.95. The second-order valence-corrected chi connectivity index (χ2v) is 5.58. The minimum absolute atomic E-state index is 0.0146. The predicted octanol–water partition coefficient (Wildman–Crippen LogP) is -0.0799. The Balaban J connectivity index is 1.68. The zero-order chi connectivity index (χ0) is 16.2. The summed E-state index contributed by atoms with van der Waals surface area (Å²) in [5.41, 5.74) is 0.532. The number of aliphatic hydroxyl groups is 1. The Bertz CT molecular complexity index is 659. The topological polar surface area (TPSA) is 96.2 Å². The summed E-state index contributed by atoms with van der Waals surface area (Å²) in [6, 6.07) is 1.69. The van der Waals surface area contributed by atoms with Crippen molar-refractivity contribution in [2.45, 2.75) is 19.5 Å². The van der Waals surface area contributed by atoms with E-state index in [-0.39, 0.29) is 24.5 Å². The van der Waals surface area contributed by atoms with Crippen molar-refractivity contribution in [1.29, 1.82) is 0 Å². The zero-order valence-electron chi connectivity index (χ0n) is 13.0. The van der Waals surface area contributed by atoms with Crippen LogP contribution in [0.25, 0.3) is 0 Å². The van der Waals surface area contributed by atoms with E-state index in [0.717, 1.165) is 12.4 Å². The number of amides is 1. The lowest BCUT2D eigenvalue weighted by Gasteiger charge is -2.17. The number of aliphatic hydroxyl groups excluding tert-OH is 1. The minimum atomic E-state index is -0.169. The molecule has 1 aliphatic rings. The van der Waals surface area contributed by atoms with E-state index in [0.29, 0.717) is 18.7 Å². The van der Waals surface area contributed by atoms with E-state index in [1.807, 2.05) is 17.9 Å². The van der Waals surface area contributed by atoms with Crippen molar-refractivity contribution in [2.75, 3.05) is 24.6 Å². The second kappa shape index (κ2) is 6.74. The van der Waals surface area contributed by atoms with Gasteiger partial charge in [0.1, 0.15) is 12.1 Å². The molecule has 0 aromatic carbocycles. The molecule has 1 amide bonds. The van der Waals surface area contributed by atoms with Gasteiger partial charge in [0.2, 0.25) is 0 Å². The Hall–Kier alpha value is -2.48. The first kappa shape index (κ1) is 15.4. The molecule has 2 aromatic rings. The number of carbonyl (C=O) groups excluding carboxylic acids is 1. The van der Waals surface area contributed by atoms with Crippen molar-refractivity contribution < 1.29 is 9.90 Å². The normalized spacial score (nSPS) is 20.7. The van der Waals surface area contributed by atoms with Gasteiger partial charge in [0.15, 0.2) is 0 Å². The third-order valence-electron chi connectivity index (χ3n) is 4.10. The fourth-order valence-electron chi connectivity index (χ4n) is 2.78. The Morgan fingerprint density at radius 2 is 2.35 bits per heavy atom.